The molecule has 0 spiro atoms. The minimum atomic E-state index is -3.31. The summed E-state index contributed by atoms with van der Waals surface area (Å²) in [6.45, 7) is 3.96. The van der Waals surface area contributed by atoms with Gasteiger partial charge in [0.2, 0.25) is 10.0 Å². The molecular weight excluding hydrogens is 342 g/mol. The van der Waals surface area contributed by atoms with Gasteiger partial charge in [-0.2, -0.15) is 0 Å². The smallest absolute Gasteiger partial charge is 0.235 e. The van der Waals surface area contributed by atoms with Gasteiger partial charge < -0.3 is 5.32 Å². The third-order valence-electron chi connectivity index (χ3n) is 3.66. The van der Waals surface area contributed by atoms with E-state index < -0.39 is 15.3 Å². The summed E-state index contributed by atoms with van der Waals surface area (Å²) in [6, 6.07) is 13.5. The Labute approximate surface area is 145 Å². The lowest BCUT2D eigenvalue weighted by Crippen LogP contribution is -2.22. The number of nitrogens with one attached hydrogen (secondary N) is 2. The first kappa shape index (κ1) is 16.7. The van der Waals surface area contributed by atoms with Gasteiger partial charge in [0, 0.05) is 17.9 Å². The minimum Gasteiger partial charge on any atom is -0.381 e. The fourth-order valence-electron chi connectivity index (χ4n) is 2.14. The summed E-state index contributed by atoms with van der Waals surface area (Å²) in [7, 11) is -3.31. The Morgan fingerprint density at radius 3 is 2.50 bits per heavy atom. The highest BCUT2D eigenvalue weighted by Gasteiger charge is 2.15. The van der Waals surface area contributed by atoms with Crippen LogP contribution in [0.2, 0.25) is 0 Å². The number of benzene rings is 2. The standard InChI is InChI=1S/C17H19N3O2S2/c1-12(2)24(21,22)20-14-5-3-13(4-6-14)10-18-15-7-8-17-16(9-15)19-11-23-17/h3-9,11-12,18,20H,10H2,1-2H3. The molecule has 126 valence electrons. The van der Waals surface area contributed by atoms with Gasteiger partial charge in [0.05, 0.1) is 21.0 Å². The molecule has 0 radical (unpaired) electrons. The average molecular weight is 361 g/mol. The van der Waals surface area contributed by atoms with Crippen LogP contribution in [-0.2, 0) is 16.6 Å². The molecule has 2 aromatic carbocycles. The van der Waals surface area contributed by atoms with E-state index in [9.17, 15) is 8.42 Å². The second kappa shape index (κ2) is 6.78. The lowest BCUT2D eigenvalue weighted by Gasteiger charge is -2.11. The van der Waals surface area contributed by atoms with Crippen LogP contribution < -0.4 is 10.0 Å². The molecule has 1 heterocycles. The molecule has 0 bridgehead atoms. The van der Waals surface area contributed by atoms with Gasteiger partial charge in [0.25, 0.3) is 0 Å². The third-order valence-corrected chi connectivity index (χ3v) is 6.23. The lowest BCUT2D eigenvalue weighted by molar-refractivity contribution is 0.593. The molecule has 0 aliphatic carbocycles. The van der Waals surface area contributed by atoms with Crippen LogP contribution in [-0.4, -0.2) is 18.7 Å². The molecule has 1 aromatic heterocycles. The van der Waals surface area contributed by atoms with Gasteiger partial charge in [-0.05, 0) is 49.7 Å². The summed E-state index contributed by atoms with van der Waals surface area (Å²) in [5.41, 5.74) is 5.49. The molecule has 2 N–H and O–H groups in total. The number of nitrogens with zero attached hydrogens (tertiary/aromatic N) is 1. The fraction of sp³-hybridized carbons (Fsp3) is 0.235. The maximum Gasteiger partial charge on any atom is 0.235 e. The van der Waals surface area contributed by atoms with Gasteiger partial charge in [-0.1, -0.05) is 12.1 Å². The van der Waals surface area contributed by atoms with Crippen LogP contribution in [0.25, 0.3) is 10.2 Å². The van der Waals surface area contributed by atoms with Crippen LogP contribution in [0.5, 0.6) is 0 Å². The Balaban J connectivity index is 1.63. The van der Waals surface area contributed by atoms with Crippen LogP contribution in [0, 0.1) is 0 Å². The van der Waals surface area contributed by atoms with Crippen molar-refractivity contribution in [2.75, 3.05) is 10.0 Å². The van der Waals surface area contributed by atoms with Crippen LogP contribution in [0.1, 0.15) is 19.4 Å². The monoisotopic (exact) mass is 361 g/mol. The first-order valence-electron chi connectivity index (χ1n) is 7.62. The molecule has 0 amide bonds. The molecule has 0 saturated carbocycles. The SMILES string of the molecule is CC(C)S(=O)(=O)Nc1ccc(CNc2ccc3scnc3c2)cc1. The molecule has 7 heteroatoms. The van der Waals surface area contributed by atoms with E-state index in [1.807, 2.05) is 29.8 Å². The molecule has 0 atom stereocenters. The van der Waals surface area contributed by atoms with Gasteiger partial charge in [0.15, 0.2) is 0 Å². The molecule has 5 nitrogen and oxygen atoms in total. The number of anilines is 2. The predicted molar refractivity (Wildman–Crippen MR) is 101 cm³/mol. The largest absolute Gasteiger partial charge is 0.381 e. The predicted octanol–water partition coefficient (Wildman–Crippen LogP) is 4.06. The number of hydrogen-bond donors (Lipinski definition) is 2. The molecule has 0 fully saturated rings. The van der Waals surface area contributed by atoms with Crippen LogP contribution in [0.15, 0.2) is 48.0 Å². The van der Waals surface area contributed by atoms with Crippen LogP contribution in [0.3, 0.4) is 0 Å². The number of rotatable bonds is 6. The second-order valence-corrected chi connectivity index (χ2v) is 8.90. The number of aromatic nitrogens is 1. The lowest BCUT2D eigenvalue weighted by atomic mass is 10.2. The number of sulfonamides is 1. The zero-order valence-electron chi connectivity index (χ0n) is 13.5. The fourth-order valence-corrected chi connectivity index (χ4v) is 3.50. The summed E-state index contributed by atoms with van der Waals surface area (Å²) in [4.78, 5) is 4.31. The third kappa shape index (κ3) is 3.85. The summed E-state index contributed by atoms with van der Waals surface area (Å²) in [6.07, 6.45) is 0. The van der Waals surface area contributed by atoms with E-state index in [1.165, 1.54) is 4.70 Å². The normalized spacial score (nSPS) is 11.8. The quantitative estimate of drug-likeness (QED) is 0.694. The first-order chi connectivity index (χ1) is 11.4. The molecule has 0 aliphatic heterocycles. The van der Waals surface area contributed by atoms with Gasteiger partial charge in [-0.3, -0.25) is 4.72 Å². The highest BCUT2D eigenvalue weighted by Crippen LogP contribution is 2.22. The van der Waals surface area contributed by atoms with E-state index >= 15 is 0 Å². The van der Waals surface area contributed by atoms with Crippen molar-refractivity contribution < 1.29 is 8.42 Å². The number of hydrogen-bond acceptors (Lipinski definition) is 5. The van der Waals surface area contributed by atoms with Crippen molar-refractivity contribution in [3.05, 3.63) is 53.5 Å². The van der Waals surface area contributed by atoms with Crippen LogP contribution >= 0.6 is 11.3 Å². The van der Waals surface area contributed by atoms with Crippen molar-refractivity contribution in [3.63, 3.8) is 0 Å². The maximum atomic E-state index is 11.9. The Morgan fingerprint density at radius 2 is 1.79 bits per heavy atom. The van der Waals surface area contributed by atoms with Gasteiger partial charge in [-0.15, -0.1) is 11.3 Å². The van der Waals surface area contributed by atoms with Crippen molar-refractivity contribution in [1.29, 1.82) is 0 Å². The number of thiazole rings is 1. The van der Waals surface area contributed by atoms with E-state index in [2.05, 4.69) is 21.1 Å². The molecule has 3 aromatic rings. The summed E-state index contributed by atoms with van der Waals surface area (Å²) in [5.74, 6) is 0. The van der Waals surface area contributed by atoms with Gasteiger partial charge in [-0.25, -0.2) is 13.4 Å². The Kier molecular flexibility index (Phi) is 4.73. The summed E-state index contributed by atoms with van der Waals surface area (Å²) < 4.78 is 27.5. The van der Waals surface area contributed by atoms with Gasteiger partial charge >= 0.3 is 0 Å². The molecule has 0 saturated heterocycles. The highest BCUT2D eigenvalue weighted by molar-refractivity contribution is 7.93. The molecule has 0 unspecified atom stereocenters. The van der Waals surface area contributed by atoms with E-state index in [0.717, 1.165) is 16.8 Å². The van der Waals surface area contributed by atoms with Crippen molar-refractivity contribution in [3.8, 4) is 0 Å². The minimum absolute atomic E-state index is 0.459. The molecular formula is C17H19N3O2S2. The molecule has 24 heavy (non-hydrogen) atoms. The highest BCUT2D eigenvalue weighted by atomic mass is 32.2. The van der Waals surface area contributed by atoms with Crippen molar-refractivity contribution in [2.24, 2.45) is 0 Å². The Hall–Kier alpha value is -2.12. The topological polar surface area (TPSA) is 71.1 Å². The Bertz CT molecular complexity index is 932. The zero-order chi connectivity index (χ0) is 17.2. The van der Waals surface area contributed by atoms with Crippen molar-refractivity contribution in [1.82, 2.24) is 4.98 Å². The number of fused-ring (bicyclic) bond motifs is 1. The molecule has 0 aliphatic rings. The second-order valence-electron chi connectivity index (χ2n) is 5.78. The van der Waals surface area contributed by atoms with Crippen LogP contribution in [0.4, 0.5) is 11.4 Å². The van der Waals surface area contributed by atoms with E-state index in [4.69, 9.17) is 0 Å². The van der Waals surface area contributed by atoms with Gasteiger partial charge in [0.1, 0.15) is 0 Å². The summed E-state index contributed by atoms with van der Waals surface area (Å²) in [5, 5.41) is 2.90. The average Bonchev–Trinajstić information content (AvgIpc) is 3.01. The van der Waals surface area contributed by atoms with E-state index in [1.54, 1.807) is 37.3 Å². The maximum absolute atomic E-state index is 11.9. The zero-order valence-corrected chi connectivity index (χ0v) is 15.1. The molecule has 3 rings (SSSR count). The Morgan fingerprint density at radius 1 is 1.08 bits per heavy atom. The van der Waals surface area contributed by atoms with Crippen molar-refractivity contribution in [2.45, 2.75) is 25.6 Å². The van der Waals surface area contributed by atoms with E-state index in [0.29, 0.717) is 12.2 Å². The van der Waals surface area contributed by atoms with E-state index in [-0.39, 0.29) is 0 Å². The van der Waals surface area contributed by atoms with Crippen molar-refractivity contribution >= 4 is 43.0 Å². The summed E-state index contributed by atoms with van der Waals surface area (Å²) >= 11 is 1.62. The first-order valence-corrected chi connectivity index (χ1v) is 10.0.